The molecular weight excluding hydrogens is 320 g/mol. The van der Waals surface area contributed by atoms with Crippen molar-refractivity contribution in [2.45, 2.75) is 110 Å². The third-order valence-corrected chi connectivity index (χ3v) is 5.19. The Hall–Kier alpha value is -1.18. The van der Waals surface area contributed by atoms with Crippen molar-refractivity contribution in [3.8, 4) is 11.5 Å². The lowest BCUT2D eigenvalue weighted by Crippen LogP contribution is -1.97. The summed E-state index contributed by atoms with van der Waals surface area (Å²) in [6.45, 7) is 4.92. The summed E-state index contributed by atoms with van der Waals surface area (Å²) in [7, 11) is 0. The maximum Gasteiger partial charge on any atom is 0.126 e. The number of benzene rings is 1. The largest absolute Gasteiger partial charge is 0.508 e. The predicted molar refractivity (Wildman–Crippen MR) is 113 cm³/mol. The maximum atomic E-state index is 10.0. The third-order valence-electron chi connectivity index (χ3n) is 5.19. The van der Waals surface area contributed by atoms with Crippen LogP contribution >= 0.6 is 0 Å². The highest BCUT2D eigenvalue weighted by Crippen LogP contribution is 2.29. The maximum absolute atomic E-state index is 10.0. The molecule has 0 fully saturated rings. The molecule has 0 amide bonds. The third kappa shape index (κ3) is 10.7. The Morgan fingerprint density at radius 2 is 1.19 bits per heavy atom. The second-order valence-electron chi connectivity index (χ2n) is 7.53. The minimum Gasteiger partial charge on any atom is -0.508 e. The molecule has 0 bridgehead atoms. The Balaban J connectivity index is 1.95. The Morgan fingerprint density at radius 3 is 1.69 bits per heavy atom. The minimum absolute atomic E-state index is 0.380. The molecule has 2 heteroatoms. The lowest BCUT2D eigenvalue weighted by molar-refractivity contribution is 0.332. The predicted octanol–water partition coefficient (Wildman–Crippen LogP) is 7.81. The van der Waals surface area contributed by atoms with Gasteiger partial charge in [0.25, 0.3) is 0 Å². The van der Waals surface area contributed by atoms with Crippen molar-refractivity contribution in [2.24, 2.45) is 0 Å². The first-order chi connectivity index (χ1) is 12.8. The fourth-order valence-corrected chi connectivity index (χ4v) is 3.59. The summed E-state index contributed by atoms with van der Waals surface area (Å²) in [6.07, 6.45) is 20.1. The zero-order valence-corrected chi connectivity index (χ0v) is 17.4. The van der Waals surface area contributed by atoms with Gasteiger partial charge in [-0.25, -0.2) is 0 Å². The zero-order valence-electron chi connectivity index (χ0n) is 17.4. The van der Waals surface area contributed by atoms with E-state index in [2.05, 4.69) is 6.92 Å². The van der Waals surface area contributed by atoms with Gasteiger partial charge in [0, 0.05) is 5.56 Å². The van der Waals surface area contributed by atoms with Crippen molar-refractivity contribution in [3.63, 3.8) is 0 Å². The smallest absolute Gasteiger partial charge is 0.126 e. The lowest BCUT2D eigenvalue weighted by atomic mass is 10.0. The number of rotatable bonds is 17. The highest BCUT2D eigenvalue weighted by atomic mass is 16.5. The second-order valence-corrected chi connectivity index (χ2v) is 7.53. The van der Waals surface area contributed by atoms with Crippen LogP contribution in [0.25, 0.3) is 0 Å². The van der Waals surface area contributed by atoms with E-state index in [4.69, 9.17) is 4.74 Å². The van der Waals surface area contributed by atoms with Crippen molar-refractivity contribution < 1.29 is 9.84 Å². The fourth-order valence-electron chi connectivity index (χ4n) is 3.59. The van der Waals surface area contributed by atoms with Gasteiger partial charge in [-0.15, -0.1) is 0 Å². The van der Waals surface area contributed by atoms with Gasteiger partial charge in [-0.2, -0.15) is 0 Å². The molecule has 150 valence electrons. The number of hydrogen-bond acceptors (Lipinski definition) is 2. The van der Waals surface area contributed by atoms with Crippen LogP contribution < -0.4 is 4.74 Å². The van der Waals surface area contributed by atoms with Crippen molar-refractivity contribution in [1.82, 2.24) is 0 Å². The average molecular weight is 363 g/mol. The Bertz CT molecular complexity index is 442. The number of phenols is 1. The van der Waals surface area contributed by atoms with Gasteiger partial charge in [0.15, 0.2) is 0 Å². The molecule has 0 unspecified atom stereocenters. The summed E-state index contributed by atoms with van der Waals surface area (Å²) < 4.78 is 5.63. The van der Waals surface area contributed by atoms with E-state index < -0.39 is 0 Å². The summed E-state index contributed by atoms with van der Waals surface area (Å²) in [5, 5.41) is 10.0. The molecule has 1 aromatic rings. The molecule has 1 N–H and O–H groups in total. The molecule has 2 nitrogen and oxygen atoms in total. The molecule has 26 heavy (non-hydrogen) atoms. The topological polar surface area (TPSA) is 29.5 Å². The van der Waals surface area contributed by atoms with E-state index in [1.165, 1.54) is 83.5 Å². The Morgan fingerprint density at radius 1 is 0.692 bits per heavy atom. The summed E-state index contributed by atoms with van der Waals surface area (Å²) in [5.74, 6) is 1.23. The Labute approximate surface area is 162 Å². The average Bonchev–Trinajstić information content (AvgIpc) is 2.64. The zero-order chi connectivity index (χ0) is 18.9. The second kappa shape index (κ2) is 16.0. The summed E-state index contributed by atoms with van der Waals surface area (Å²) in [6, 6.07) is 5.58. The lowest BCUT2D eigenvalue weighted by Gasteiger charge is -2.11. The first-order valence-electron chi connectivity index (χ1n) is 11.2. The first kappa shape index (κ1) is 22.9. The van der Waals surface area contributed by atoms with Crippen molar-refractivity contribution in [3.05, 3.63) is 23.8 Å². The fraction of sp³-hybridized carbons (Fsp3) is 0.750. The van der Waals surface area contributed by atoms with Crippen LogP contribution in [-0.2, 0) is 6.42 Å². The summed E-state index contributed by atoms with van der Waals surface area (Å²) >= 11 is 0. The van der Waals surface area contributed by atoms with E-state index in [0.29, 0.717) is 12.4 Å². The molecule has 0 saturated heterocycles. The quantitative estimate of drug-likeness (QED) is 0.286. The number of ether oxygens (including phenoxy) is 1. The number of hydrogen-bond donors (Lipinski definition) is 1. The molecule has 1 rings (SSSR count). The van der Waals surface area contributed by atoms with Crippen LogP contribution in [0.4, 0.5) is 0 Å². The van der Waals surface area contributed by atoms with Gasteiger partial charge in [0.05, 0.1) is 6.61 Å². The van der Waals surface area contributed by atoms with Crippen LogP contribution in [0.15, 0.2) is 18.2 Å². The monoisotopic (exact) mass is 362 g/mol. The van der Waals surface area contributed by atoms with E-state index in [1.54, 1.807) is 6.07 Å². The minimum atomic E-state index is 0.380. The number of aromatic hydroxyl groups is 1. The van der Waals surface area contributed by atoms with Crippen LogP contribution in [-0.4, -0.2) is 11.7 Å². The molecular formula is C24H42O2. The van der Waals surface area contributed by atoms with Gasteiger partial charge in [-0.3, -0.25) is 0 Å². The van der Waals surface area contributed by atoms with Crippen LogP contribution in [0.2, 0.25) is 0 Å². The molecule has 0 heterocycles. The standard InChI is InChI=1S/C24H42O2/c1-3-5-6-7-8-9-10-11-12-13-14-15-16-17-19-22-23(25)20-18-21-24(22)26-4-2/h18,20-21,25H,3-17,19H2,1-2H3. The highest BCUT2D eigenvalue weighted by Gasteiger charge is 2.08. The van der Waals surface area contributed by atoms with Gasteiger partial charge >= 0.3 is 0 Å². The van der Waals surface area contributed by atoms with Crippen LogP contribution in [0, 0.1) is 0 Å². The SMILES string of the molecule is CCCCCCCCCCCCCCCCc1c(O)cccc1OCC. The number of phenolic OH excluding ortho intramolecular Hbond substituents is 1. The van der Waals surface area contributed by atoms with Gasteiger partial charge in [-0.1, -0.05) is 96.5 Å². The van der Waals surface area contributed by atoms with E-state index >= 15 is 0 Å². The van der Waals surface area contributed by atoms with E-state index in [1.807, 2.05) is 19.1 Å². The normalized spacial score (nSPS) is 11.0. The summed E-state index contributed by atoms with van der Waals surface area (Å²) in [5.41, 5.74) is 0.980. The van der Waals surface area contributed by atoms with E-state index in [-0.39, 0.29) is 0 Å². The van der Waals surface area contributed by atoms with Gasteiger partial charge in [-0.05, 0) is 31.9 Å². The molecule has 0 atom stereocenters. The molecule has 0 aromatic heterocycles. The van der Waals surface area contributed by atoms with Gasteiger partial charge in [0.2, 0.25) is 0 Å². The molecule has 1 aromatic carbocycles. The van der Waals surface area contributed by atoms with E-state index in [9.17, 15) is 5.11 Å². The van der Waals surface area contributed by atoms with Crippen LogP contribution in [0.3, 0.4) is 0 Å². The highest BCUT2D eigenvalue weighted by molar-refractivity contribution is 5.43. The number of unbranched alkanes of at least 4 members (excludes halogenated alkanes) is 13. The van der Waals surface area contributed by atoms with Crippen molar-refractivity contribution >= 4 is 0 Å². The van der Waals surface area contributed by atoms with Gasteiger partial charge in [0.1, 0.15) is 11.5 Å². The van der Waals surface area contributed by atoms with Crippen molar-refractivity contribution in [2.75, 3.05) is 6.61 Å². The van der Waals surface area contributed by atoms with E-state index in [0.717, 1.165) is 24.2 Å². The molecule has 0 aliphatic heterocycles. The molecule has 0 aliphatic rings. The Kier molecular flexibility index (Phi) is 14.1. The van der Waals surface area contributed by atoms with Crippen molar-refractivity contribution in [1.29, 1.82) is 0 Å². The first-order valence-corrected chi connectivity index (χ1v) is 11.2. The molecule has 0 saturated carbocycles. The molecule has 0 radical (unpaired) electrons. The van der Waals surface area contributed by atoms with Crippen LogP contribution in [0.1, 0.15) is 109 Å². The molecule has 0 spiro atoms. The summed E-state index contributed by atoms with van der Waals surface area (Å²) in [4.78, 5) is 0. The molecule has 0 aliphatic carbocycles. The van der Waals surface area contributed by atoms with Gasteiger partial charge < -0.3 is 9.84 Å². The van der Waals surface area contributed by atoms with Crippen LogP contribution in [0.5, 0.6) is 11.5 Å².